The lowest BCUT2D eigenvalue weighted by atomic mass is 10.1. The van der Waals surface area contributed by atoms with Crippen LogP contribution in [0.15, 0.2) is 113 Å². The van der Waals surface area contributed by atoms with Crippen molar-refractivity contribution in [1.82, 2.24) is 18.9 Å². The predicted octanol–water partition coefficient (Wildman–Crippen LogP) is 7.03. The van der Waals surface area contributed by atoms with Crippen LogP contribution in [0.4, 0.5) is 11.5 Å². The van der Waals surface area contributed by atoms with Gasteiger partial charge in [0, 0.05) is 39.6 Å². The largest absolute Gasteiger partial charge is 0.396 e. The number of para-hydroxylation sites is 1. The molecule has 0 unspecified atom stereocenters. The molecule has 0 fully saturated rings. The number of aromatic nitrogens is 4. The minimum absolute atomic E-state index is 0.111. The first-order valence-corrected chi connectivity index (χ1v) is 15.9. The van der Waals surface area contributed by atoms with Crippen molar-refractivity contribution in [3.8, 4) is 11.8 Å². The van der Waals surface area contributed by atoms with Gasteiger partial charge in [-0.25, -0.2) is 8.42 Å². The van der Waals surface area contributed by atoms with Crippen molar-refractivity contribution in [2.45, 2.75) is 23.6 Å². The summed E-state index contributed by atoms with van der Waals surface area (Å²) in [6.45, 7) is 4.00. The van der Waals surface area contributed by atoms with Crippen LogP contribution in [-0.4, -0.2) is 27.4 Å². The topological polar surface area (TPSA) is 145 Å². The fourth-order valence-corrected chi connectivity index (χ4v) is 7.41. The highest BCUT2D eigenvalue weighted by Crippen LogP contribution is 2.44. The molecule has 0 saturated carbocycles. The van der Waals surface area contributed by atoms with E-state index in [-0.39, 0.29) is 9.79 Å². The second-order valence-electron chi connectivity index (χ2n) is 10.3. The summed E-state index contributed by atoms with van der Waals surface area (Å²) in [4.78, 5) is 9.21. The maximum Gasteiger partial charge on any atom is 0.206 e. The Bertz CT molecular complexity index is 2600. The standard InChI is InChI=1S/C33H21N7O2S.C2H6/c34-15-19-5-9-21(10-6-19)43(41,42)22-11-7-20(8-12-22)39-28-18-38-16-25-23-3-1-2-4-26(23)40-27-17-37-14-13-24(27)31(35)32(40)30(29(25)28)33(39)36;1-2/h1-14,16-18H,35-36H2;1-2H3. The molecular formula is C35H27N7O2S. The number of nitrogen functional groups attached to an aromatic ring is 2. The molecule has 0 atom stereocenters. The summed E-state index contributed by atoms with van der Waals surface area (Å²) >= 11 is 0. The van der Waals surface area contributed by atoms with E-state index in [0.29, 0.717) is 22.8 Å². The van der Waals surface area contributed by atoms with Crippen molar-refractivity contribution in [2.75, 3.05) is 11.5 Å². The van der Waals surface area contributed by atoms with Gasteiger partial charge in [-0.05, 0) is 60.7 Å². The third kappa shape index (κ3) is 3.95. The van der Waals surface area contributed by atoms with E-state index in [1.54, 1.807) is 42.9 Å². The van der Waals surface area contributed by atoms with Crippen molar-refractivity contribution in [2.24, 2.45) is 0 Å². The molecule has 8 aromatic rings. The van der Waals surface area contributed by atoms with Gasteiger partial charge in [0.2, 0.25) is 9.84 Å². The number of nitrogens with two attached hydrogens (primary N) is 2. The maximum absolute atomic E-state index is 13.3. The van der Waals surface area contributed by atoms with E-state index >= 15 is 0 Å². The number of nitrogens with zero attached hydrogens (tertiary/aromatic N) is 5. The predicted molar refractivity (Wildman–Crippen MR) is 179 cm³/mol. The summed E-state index contributed by atoms with van der Waals surface area (Å²) in [6, 6.07) is 24.4. The Morgan fingerprint density at radius 2 is 1.38 bits per heavy atom. The molecule has 9 nitrogen and oxygen atoms in total. The molecule has 0 bridgehead atoms. The van der Waals surface area contributed by atoms with Crippen LogP contribution >= 0.6 is 0 Å². The molecule has 0 amide bonds. The third-order valence-electron chi connectivity index (χ3n) is 8.09. The fourth-order valence-electron chi connectivity index (χ4n) is 6.15. The van der Waals surface area contributed by atoms with E-state index in [0.717, 1.165) is 49.0 Å². The van der Waals surface area contributed by atoms with E-state index < -0.39 is 9.84 Å². The van der Waals surface area contributed by atoms with Gasteiger partial charge in [0.05, 0.1) is 67.0 Å². The summed E-state index contributed by atoms with van der Waals surface area (Å²) in [7, 11) is -3.80. The Morgan fingerprint density at radius 1 is 0.711 bits per heavy atom. The second-order valence-corrected chi connectivity index (χ2v) is 12.3. The summed E-state index contributed by atoms with van der Waals surface area (Å²) in [5.41, 5.74) is 18.9. The number of anilines is 2. The average molecular weight is 610 g/mol. The molecule has 8 rings (SSSR count). The van der Waals surface area contributed by atoms with Gasteiger partial charge in [0.1, 0.15) is 5.82 Å². The van der Waals surface area contributed by atoms with Gasteiger partial charge in [0.25, 0.3) is 0 Å². The van der Waals surface area contributed by atoms with Gasteiger partial charge in [0.15, 0.2) is 0 Å². The molecule has 0 radical (unpaired) electrons. The van der Waals surface area contributed by atoms with Crippen LogP contribution in [0.3, 0.4) is 0 Å². The van der Waals surface area contributed by atoms with Crippen molar-refractivity contribution in [1.29, 1.82) is 5.26 Å². The zero-order valence-corrected chi connectivity index (χ0v) is 25.2. The molecule has 3 aromatic carbocycles. The normalized spacial score (nSPS) is 11.7. The van der Waals surface area contributed by atoms with Gasteiger partial charge in [-0.2, -0.15) is 5.26 Å². The molecule has 5 heterocycles. The number of rotatable bonds is 3. The van der Waals surface area contributed by atoms with Crippen molar-refractivity contribution < 1.29 is 8.42 Å². The summed E-state index contributed by atoms with van der Waals surface area (Å²) in [5, 5.41) is 13.5. The minimum Gasteiger partial charge on any atom is -0.396 e. The zero-order valence-electron chi connectivity index (χ0n) is 24.4. The zero-order chi connectivity index (χ0) is 31.5. The molecular weight excluding hydrogens is 582 g/mol. The van der Waals surface area contributed by atoms with Crippen LogP contribution < -0.4 is 11.5 Å². The van der Waals surface area contributed by atoms with E-state index in [2.05, 4.69) is 20.4 Å². The number of pyridine rings is 2. The van der Waals surface area contributed by atoms with E-state index in [4.69, 9.17) is 16.7 Å². The van der Waals surface area contributed by atoms with E-state index in [1.807, 2.05) is 54.9 Å². The van der Waals surface area contributed by atoms with Gasteiger partial charge in [-0.1, -0.05) is 32.0 Å². The second kappa shape index (κ2) is 10.4. The first-order valence-electron chi connectivity index (χ1n) is 14.4. The monoisotopic (exact) mass is 609 g/mol. The molecule has 45 heavy (non-hydrogen) atoms. The summed E-state index contributed by atoms with van der Waals surface area (Å²) in [6.07, 6.45) is 7.13. The Kier molecular flexibility index (Phi) is 6.42. The first kappa shape index (κ1) is 27.9. The summed E-state index contributed by atoms with van der Waals surface area (Å²) < 4.78 is 30.7. The highest BCUT2D eigenvalue weighted by atomic mass is 32.2. The number of benzene rings is 3. The molecule has 0 saturated heterocycles. The number of hydrogen-bond donors (Lipinski definition) is 2. The molecule has 10 heteroatoms. The van der Waals surface area contributed by atoms with Gasteiger partial charge < -0.3 is 15.9 Å². The average Bonchev–Trinajstić information content (AvgIpc) is 3.49. The summed E-state index contributed by atoms with van der Waals surface area (Å²) in [5.74, 6) is 0.448. The minimum atomic E-state index is -3.80. The van der Waals surface area contributed by atoms with Crippen LogP contribution in [0, 0.1) is 11.3 Å². The smallest absolute Gasteiger partial charge is 0.206 e. The molecule has 0 aliphatic carbocycles. The fraction of sp³-hybridized carbons (Fsp3) is 0.0571. The van der Waals surface area contributed by atoms with E-state index in [9.17, 15) is 8.42 Å². The quantitative estimate of drug-likeness (QED) is 0.219. The lowest BCUT2D eigenvalue weighted by molar-refractivity contribution is 0.596. The Morgan fingerprint density at radius 3 is 2.09 bits per heavy atom. The number of fused-ring (bicyclic) bond motifs is 7. The number of sulfone groups is 1. The SMILES string of the molecule is CC.N#Cc1ccc(S(=O)(=O)c2ccc(-n3c(N)c4c5c(cncc53)c3ccccc3n3c5cnccc5c(N)c43)cc2)cc1. The number of nitriles is 1. The third-order valence-corrected chi connectivity index (χ3v) is 9.88. The number of hydrogen-bond acceptors (Lipinski definition) is 7. The van der Waals surface area contributed by atoms with Gasteiger partial charge in [-0.15, -0.1) is 0 Å². The molecule has 0 spiro atoms. The first-order chi connectivity index (χ1) is 21.9. The van der Waals surface area contributed by atoms with Crippen LogP contribution in [0.25, 0.3) is 54.7 Å². The molecule has 5 aromatic heterocycles. The molecule has 4 N–H and O–H groups in total. The Labute approximate surface area is 258 Å². The molecule has 220 valence electrons. The molecule has 0 aliphatic heterocycles. The van der Waals surface area contributed by atoms with Crippen LogP contribution in [0.2, 0.25) is 0 Å². The van der Waals surface area contributed by atoms with Crippen molar-refractivity contribution in [3.63, 3.8) is 0 Å². The Hall–Kier alpha value is -5.92. The van der Waals surface area contributed by atoms with Crippen LogP contribution in [0.5, 0.6) is 0 Å². The van der Waals surface area contributed by atoms with Crippen molar-refractivity contribution in [3.05, 3.63) is 109 Å². The maximum atomic E-state index is 13.3. The van der Waals surface area contributed by atoms with Crippen LogP contribution in [0.1, 0.15) is 19.4 Å². The van der Waals surface area contributed by atoms with Gasteiger partial charge in [-0.3, -0.25) is 14.5 Å². The van der Waals surface area contributed by atoms with E-state index in [1.165, 1.54) is 24.3 Å². The lowest BCUT2D eigenvalue weighted by Crippen LogP contribution is -2.04. The highest BCUT2D eigenvalue weighted by Gasteiger charge is 2.24. The lowest BCUT2D eigenvalue weighted by Gasteiger charge is -2.10. The van der Waals surface area contributed by atoms with Gasteiger partial charge >= 0.3 is 0 Å². The Balaban J connectivity index is 0.00000160. The highest BCUT2D eigenvalue weighted by molar-refractivity contribution is 7.91. The van der Waals surface area contributed by atoms with Crippen LogP contribution in [-0.2, 0) is 9.84 Å². The van der Waals surface area contributed by atoms with Crippen molar-refractivity contribution >= 4 is 70.3 Å². The molecule has 0 aliphatic rings.